The molecule has 0 bridgehead atoms. The molecule has 132 valence electrons. The molecule has 9 heteroatoms. The van der Waals surface area contributed by atoms with Crippen molar-refractivity contribution in [3.05, 3.63) is 41.9 Å². The maximum absolute atomic E-state index is 12.5. The van der Waals surface area contributed by atoms with Gasteiger partial charge in [-0.25, -0.2) is 4.79 Å². The van der Waals surface area contributed by atoms with E-state index in [1.165, 1.54) is 32.4 Å². The lowest BCUT2D eigenvalue weighted by Crippen LogP contribution is -2.39. The van der Waals surface area contributed by atoms with Gasteiger partial charge >= 0.3 is 6.03 Å². The summed E-state index contributed by atoms with van der Waals surface area (Å²) in [6.07, 6.45) is 1.26. The molecule has 3 amide bonds. The third kappa shape index (κ3) is 4.77. The average Bonchev–Trinajstić information content (AvgIpc) is 2.98. The number of hydrogen-bond donors (Lipinski definition) is 1. The molecule has 0 saturated carbocycles. The number of carbonyl (C=O) groups excluding carboxylic acids is 2. The first-order chi connectivity index (χ1) is 11.9. The Morgan fingerprint density at radius 1 is 1.28 bits per heavy atom. The number of nitrogens with one attached hydrogen (secondary N) is 1. The third-order valence-electron chi connectivity index (χ3n) is 2.99. The molecule has 1 N–H and O–H groups in total. The summed E-state index contributed by atoms with van der Waals surface area (Å²) in [6, 6.07) is 6.35. The molecule has 0 radical (unpaired) electrons. The van der Waals surface area contributed by atoms with Gasteiger partial charge in [0.25, 0.3) is 11.1 Å². The van der Waals surface area contributed by atoms with Crippen molar-refractivity contribution in [2.45, 2.75) is 6.92 Å². The van der Waals surface area contributed by atoms with E-state index in [1.807, 2.05) is 0 Å². The van der Waals surface area contributed by atoms with Crippen LogP contribution in [0.4, 0.5) is 4.79 Å². The molecule has 0 atom stereocenters. The van der Waals surface area contributed by atoms with Crippen LogP contribution < -0.4 is 10.1 Å². The van der Waals surface area contributed by atoms with Crippen LogP contribution in [-0.4, -0.2) is 47.4 Å². The number of para-hydroxylation sites is 1. The van der Waals surface area contributed by atoms with Gasteiger partial charge in [0.15, 0.2) is 0 Å². The molecule has 0 saturated heterocycles. The van der Waals surface area contributed by atoms with Crippen molar-refractivity contribution >= 4 is 29.0 Å². The maximum Gasteiger partial charge on any atom is 0.323 e. The molecule has 0 fully saturated rings. The second-order valence-corrected chi connectivity index (χ2v) is 5.84. The van der Waals surface area contributed by atoms with Gasteiger partial charge in [-0.2, -0.15) is 9.36 Å². The van der Waals surface area contributed by atoms with Crippen molar-refractivity contribution < 1.29 is 19.1 Å². The summed E-state index contributed by atoms with van der Waals surface area (Å²) in [6.45, 7) is 1.76. The minimum atomic E-state index is -0.606. The van der Waals surface area contributed by atoms with E-state index in [-0.39, 0.29) is 5.57 Å². The van der Waals surface area contributed by atoms with Crippen molar-refractivity contribution in [1.29, 1.82) is 0 Å². The number of benzene rings is 1. The van der Waals surface area contributed by atoms with Gasteiger partial charge in [0.2, 0.25) is 0 Å². The number of ether oxygens (including phenoxy) is 2. The highest BCUT2D eigenvalue weighted by molar-refractivity contribution is 7.07. The molecule has 0 unspecified atom stereocenters. The van der Waals surface area contributed by atoms with Crippen molar-refractivity contribution in [2.24, 2.45) is 0 Å². The summed E-state index contributed by atoms with van der Waals surface area (Å²) in [5.41, 5.74) is 0.607. The largest absolute Gasteiger partial charge is 0.504 e. The first kappa shape index (κ1) is 18.4. The van der Waals surface area contributed by atoms with Gasteiger partial charge in [0, 0.05) is 31.2 Å². The van der Waals surface area contributed by atoms with E-state index >= 15 is 0 Å². The van der Waals surface area contributed by atoms with E-state index in [9.17, 15) is 9.59 Å². The summed E-state index contributed by atoms with van der Waals surface area (Å²) in [7, 11) is 4.49. The highest BCUT2D eigenvalue weighted by Crippen LogP contribution is 2.31. The lowest BCUT2D eigenvalue weighted by molar-refractivity contribution is -0.114. The zero-order valence-electron chi connectivity index (χ0n) is 14.3. The van der Waals surface area contributed by atoms with Crippen LogP contribution in [0.1, 0.15) is 11.4 Å². The van der Waals surface area contributed by atoms with Gasteiger partial charge in [0.05, 0.1) is 18.9 Å². The molecule has 0 aliphatic rings. The van der Waals surface area contributed by atoms with Crippen molar-refractivity contribution in [3.63, 3.8) is 0 Å². The predicted molar refractivity (Wildman–Crippen MR) is 93.4 cm³/mol. The van der Waals surface area contributed by atoms with E-state index in [0.717, 1.165) is 11.5 Å². The third-order valence-corrected chi connectivity index (χ3v) is 3.68. The fourth-order valence-corrected chi connectivity index (χ4v) is 2.38. The van der Waals surface area contributed by atoms with Crippen LogP contribution in [-0.2, 0) is 9.53 Å². The zero-order valence-corrected chi connectivity index (χ0v) is 15.1. The van der Waals surface area contributed by atoms with Crippen LogP contribution in [0.5, 0.6) is 10.9 Å². The first-order valence-electron chi connectivity index (χ1n) is 7.25. The number of aromatic nitrogens is 2. The number of aryl methyl sites for hydroxylation is 1. The van der Waals surface area contributed by atoms with Crippen LogP contribution in [0.25, 0.3) is 5.57 Å². The van der Waals surface area contributed by atoms with Gasteiger partial charge in [-0.3, -0.25) is 10.1 Å². The minimum Gasteiger partial charge on any atom is -0.504 e. The Bertz CT molecular complexity index is 801. The Hall–Kier alpha value is -2.94. The quantitative estimate of drug-likeness (QED) is 0.648. The molecule has 1 aromatic carbocycles. The zero-order chi connectivity index (χ0) is 18.4. The van der Waals surface area contributed by atoms with Crippen LogP contribution in [0, 0.1) is 6.92 Å². The summed E-state index contributed by atoms with van der Waals surface area (Å²) < 4.78 is 14.8. The lowest BCUT2D eigenvalue weighted by atomic mass is 10.1. The topological polar surface area (TPSA) is 93.7 Å². The monoisotopic (exact) mass is 362 g/mol. The summed E-state index contributed by atoms with van der Waals surface area (Å²) in [4.78, 5) is 29.6. The Morgan fingerprint density at radius 3 is 2.60 bits per heavy atom. The lowest BCUT2D eigenvalue weighted by Gasteiger charge is -2.14. The number of urea groups is 1. The molecule has 0 aliphatic carbocycles. The van der Waals surface area contributed by atoms with E-state index in [2.05, 4.69) is 14.7 Å². The number of carbonyl (C=O) groups is 2. The van der Waals surface area contributed by atoms with Gasteiger partial charge in [0.1, 0.15) is 11.6 Å². The Morgan fingerprint density at radius 2 is 2.00 bits per heavy atom. The van der Waals surface area contributed by atoms with Crippen molar-refractivity contribution in [1.82, 2.24) is 19.6 Å². The standard InChI is InChI=1S/C16H18N4O4S/c1-10-17-16(25-19-10)24-13-8-6-5-7-11(13)12(9-23-4)14(21)18-15(22)20(2)3/h5-9H,1-4H3,(H,18,21,22)/b12-9+. The normalized spacial score (nSPS) is 11.0. The van der Waals surface area contributed by atoms with E-state index in [1.54, 1.807) is 31.2 Å². The fourth-order valence-electron chi connectivity index (χ4n) is 1.83. The van der Waals surface area contributed by atoms with Gasteiger partial charge in [-0.05, 0) is 13.0 Å². The minimum absolute atomic E-state index is 0.148. The molecule has 0 aliphatic heterocycles. The van der Waals surface area contributed by atoms with Gasteiger partial charge < -0.3 is 14.4 Å². The Balaban J connectivity index is 2.34. The molecular weight excluding hydrogens is 344 g/mol. The molecule has 1 heterocycles. The molecule has 8 nitrogen and oxygen atoms in total. The smallest absolute Gasteiger partial charge is 0.323 e. The van der Waals surface area contributed by atoms with Crippen molar-refractivity contribution in [3.8, 4) is 10.9 Å². The number of imide groups is 1. The van der Waals surface area contributed by atoms with Gasteiger partial charge in [-0.15, -0.1) is 0 Å². The second kappa shape index (κ2) is 8.25. The molecule has 2 aromatic rings. The molecule has 2 rings (SSSR count). The predicted octanol–water partition coefficient (Wildman–Crippen LogP) is 2.42. The number of rotatable bonds is 5. The van der Waals surface area contributed by atoms with Crippen LogP contribution in [0.3, 0.4) is 0 Å². The molecule has 1 aromatic heterocycles. The Kier molecular flexibility index (Phi) is 6.07. The number of hydrogen-bond acceptors (Lipinski definition) is 7. The van der Waals surface area contributed by atoms with Crippen LogP contribution in [0.15, 0.2) is 30.5 Å². The van der Waals surface area contributed by atoms with E-state index < -0.39 is 11.9 Å². The Labute approximate surface area is 149 Å². The first-order valence-corrected chi connectivity index (χ1v) is 8.03. The number of amides is 3. The molecule has 25 heavy (non-hydrogen) atoms. The maximum atomic E-state index is 12.5. The van der Waals surface area contributed by atoms with Crippen LogP contribution in [0.2, 0.25) is 0 Å². The SMILES string of the molecule is CO/C=C(/C(=O)NC(=O)N(C)C)c1ccccc1Oc1nc(C)ns1. The molecule has 0 spiro atoms. The van der Waals surface area contributed by atoms with E-state index in [0.29, 0.717) is 22.3 Å². The number of methoxy groups -OCH3 is 1. The van der Waals surface area contributed by atoms with Crippen LogP contribution >= 0.6 is 11.5 Å². The van der Waals surface area contributed by atoms with E-state index in [4.69, 9.17) is 9.47 Å². The number of nitrogens with zero attached hydrogens (tertiary/aromatic N) is 3. The average molecular weight is 362 g/mol. The summed E-state index contributed by atoms with van der Waals surface area (Å²) in [5.74, 6) is 0.388. The fraction of sp³-hybridized carbons (Fsp3) is 0.250. The molecular formula is C16H18N4O4S. The highest BCUT2D eigenvalue weighted by atomic mass is 32.1. The van der Waals surface area contributed by atoms with Crippen molar-refractivity contribution in [2.75, 3.05) is 21.2 Å². The second-order valence-electron chi connectivity index (χ2n) is 5.13. The summed E-state index contributed by atoms with van der Waals surface area (Å²) in [5, 5.41) is 2.63. The van der Waals surface area contributed by atoms with Gasteiger partial charge in [-0.1, -0.05) is 18.2 Å². The summed E-state index contributed by atoms with van der Waals surface area (Å²) >= 11 is 1.11. The highest BCUT2D eigenvalue weighted by Gasteiger charge is 2.20.